The lowest BCUT2D eigenvalue weighted by Gasteiger charge is -2.06. The van der Waals surface area contributed by atoms with Crippen LogP contribution >= 0.6 is 0 Å². The highest BCUT2D eigenvalue weighted by atomic mass is 15.1. The summed E-state index contributed by atoms with van der Waals surface area (Å²) >= 11 is 0. The predicted molar refractivity (Wildman–Crippen MR) is 107 cm³/mol. The molecule has 2 aromatic rings. The van der Waals surface area contributed by atoms with Crippen molar-refractivity contribution in [3.8, 4) is 5.69 Å². The topological polar surface area (TPSA) is 8.81 Å². The molecular weight excluding hydrogens is 304 g/mol. The molecule has 0 aliphatic carbocycles. The van der Waals surface area contributed by atoms with Gasteiger partial charge in [0.2, 0.25) is 0 Å². The molecule has 0 atom stereocenters. The third kappa shape index (κ3) is 6.68. The zero-order valence-corrected chi connectivity index (χ0v) is 16.4. The molecule has 0 radical (unpaired) electrons. The lowest BCUT2D eigenvalue weighted by atomic mass is 10.1. The van der Waals surface area contributed by atoms with Crippen LogP contribution in [0, 0.1) is 0 Å². The smallest absolute Gasteiger partial charge is 0.234 e. The van der Waals surface area contributed by atoms with Crippen LogP contribution in [0.15, 0.2) is 42.7 Å². The van der Waals surface area contributed by atoms with Crippen LogP contribution < -0.4 is 4.57 Å². The van der Waals surface area contributed by atoms with Crippen molar-refractivity contribution < 1.29 is 4.57 Å². The largest absolute Gasteiger partial charge is 0.261 e. The average molecular weight is 342 g/mol. The Labute approximate surface area is 154 Å². The number of imidazole rings is 1. The van der Waals surface area contributed by atoms with Crippen molar-refractivity contribution in [2.24, 2.45) is 0 Å². The molecule has 0 fully saturated rings. The van der Waals surface area contributed by atoms with Crippen LogP contribution in [0.1, 0.15) is 83.9 Å². The molecule has 0 N–H and O–H groups in total. The van der Waals surface area contributed by atoms with Crippen LogP contribution in [0.2, 0.25) is 0 Å². The summed E-state index contributed by atoms with van der Waals surface area (Å²) in [6.45, 7) is 5.73. The quantitative estimate of drug-likeness (QED) is 0.301. The Kier molecular flexibility index (Phi) is 9.40. The second-order valence-electron chi connectivity index (χ2n) is 7.19. The SMILES string of the molecule is CCCCCCCCC[n+]1ccn(-c2ccccc2)c1CCCCC. The van der Waals surface area contributed by atoms with E-state index >= 15 is 0 Å². The van der Waals surface area contributed by atoms with Crippen molar-refractivity contribution >= 4 is 0 Å². The highest BCUT2D eigenvalue weighted by Gasteiger charge is 2.17. The van der Waals surface area contributed by atoms with Gasteiger partial charge < -0.3 is 0 Å². The first-order chi connectivity index (χ1) is 12.4. The van der Waals surface area contributed by atoms with Crippen LogP contribution in [-0.4, -0.2) is 4.57 Å². The molecule has 0 saturated heterocycles. The monoisotopic (exact) mass is 341 g/mol. The first kappa shape index (κ1) is 19.8. The predicted octanol–water partition coefficient (Wildman–Crippen LogP) is 6.25. The van der Waals surface area contributed by atoms with E-state index in [1.807, 2.05) is 0 Å². The molecule has 2 nitrogen and oxygen atoms in total. The number of unbranched alkanes of at least 4 members (excludes halogenated alkanes) is 8. The zero-order valence-electron chi connectivity index (χ0n) is 16.4. The number of aromatic nitrogens is 2. The van der Waals surface area contributed by atoms with Gasteiger partial charge in [0, 0.05) is 6.42 Å². The second kappa shape index (κ2) is 11.9. The van der Waals surface area contributed by atoms with Crippen molar-refractivity contribution in [2.45, 2.75) is 91.0 Å². The van der Waals surface area contributed by atoms with E-state index in [0.29, 0.717) is 0 Å². The van der Waals surface area contributed by atoms with Gasteiger partial charge in [-0.2, -0.15) is 4.57 Å². The van der Waals surface area contributed by atoms with Gasteiger partial charge in [-0.3, -0.25) is 0 Å². The van der Waals surface area contributed by atoms with E-state index in [0.717, 1.165) is 6.54 Å². The van der Waals surface area contributed by atoms with Gasteiger partial charge in [-0.1, -0.05) is 77.0 Å². The van der Waals surface area contributed by atoms with Crippen LogP contribution in [0.4, 0.5) is 0 Å². The Balaban J connectivity index is 1.93. The maximum absolute atomic E-state index is 2.49. The van der Waals surface area contributed by atoms with E-state index in [2.05, 4.69) is 65.7 Å². The molecule has 1 aromatic heterocycles. The van der Waals surface area contributed by atoms with Gasteiger partial charge in [0.25, 0.3) is 5.82 Å². The molecule has 1 heterocycles. The summed E-state index contributed by atoms with van der Waals surface area (Å²) in [4.78, 5) is 0. The molecular formula is C23H37N2+. The van der Waals surface area contributed by atoms with E-state index in [9.17, 15) is 0 Å². The van der Waals surface area contributed by atoms with Gasteiger partial charge in [0.05, 0.1) is 6.54 Å². The minimum atomic E-state index is 1.16. The fraction of sp³-hybridized carbons (Fsp3) is 0.609. The maximum Gasteiger partial charge on any atom is 0.261 e. The van der Waals surface area contributed by atoms with Gasteiger partial charge >= 0.3 is 0 Å². The zero-order chi connectivity index (χ0) is 17.7. The Hall–Kier alpha value is -1.57. The van der Waals surface area contributed by atoms with Crippen molar-refractivity contribution in [1.29, 1.82) is 0 Å². The normalized spacial score (nSPS) is 11.1. The number of aryl methyl sites for hydroxylation is 1. The van der Waals surface area contributed by atoms with Crippen molar-refractivity contribution in [3.05, 3.63) is 48.5 Å². The van der Waals surface area contributed by atoms with E-state index in [1.54, 1.807) is 0 Å². The van der Waals surface area contributed by atoms with E-state index in [1.165, 1.54) is 82.1 Å². The summed E-state index contributed by atoms with van der Waals surface area (Å²) in [5, 5.41) is 0. The lowest BCUT2D eigenvalue weighted by Crippen LogP contribution is -2.37. The highest BCUT2D eigenvalue weighted by molar-refractivity contribution is 5.31. The van der Waals surface area contributed by atoms with Gasteiger partial charge in [0.15, 0.2) is 0 Å². The third-order valence-electron chi connectivity index (χ3n) is 5.05. The molecule has 1 aromatic carbocycles. The number of rotatable bonds is 13. The molecule has 0 spiro atoms. The second-order valence-corrected chi connectivity index (χ2v) is 7.19. The first-order valence-electron chi connectivity index (χ1n) is 10.5. The summed E-state index contributed by atoms with van der Waals surface area (Å²) in [5.41, 5.74) is 1.28. The molecule has 0 bridgehead atoms. The highest BCUT2D eigenvalue weighted by Crippen LogP contribution is 2.13. The lowest BCUT2D eigenvalue weighted by molar-refractivity contribution is -0.704. The summed E-state index contributed by atoms with van der Waals surface area (Å²) in [7, 11) is 0. The molecule has 138 valence electrons. The fourth-order valence-electron chi connectivity index (χ4n) is 3.52. The summed E-state index contributed by atoms with van der Waals surface area (Å²) in [6, 6.07) is 10.8. The van der Waals surface area contributed by atoms with Gasteiger partial charge in [-0.15, -0.1) is 0 Å². The summed E-state index contributed by atoms with van der Waals surface area (Å²) < 4.78 is 4.88. The summed E-state index contributed by atoms with van der Waals surface area (Å²) in [5.74, 6) is 1.46. The molecule has 2 rings (SSSR count). The third-order valence-corrected chi connectivity index (χ3v) is 5.05. The van der Waals surface area contributed by atoms with Gasteiger partial charge in [-0.25, -0.2) is 4.57 Å². The van der Waals surface area contributed by atoms with E-state index < -0.39 is 0 Å². The summed E-state index contributed by atoms with van der Waals surface area (Å²) in [6.07, 6.45) is 19.2. The van der Waals surface area contributed by atoms with Crippen molar-refractivity contribution in [2.75, 3.05) is 0 Å². The number of para-hydroxylation sites is 1. The Morgan fingerprint density at radius 1 is 0.760 bits per heavy atom. The number of hydrogen-bond donors (Lipinski definition) is 0. The number of benzene rings is 1. The van der Waals surface area contributed by atoms with Crippen LogP contribution in [-0.2, 0) is 13.0 Å². The fourth-order valence-corrected chi connectivity index (χ4v) is 3.52. The van der Waals surface area contributed by atoms with Crippen LogP contribution in [0.25, 0.3) is 5.69 Å². The standard InChI is InChI=1S/C23H37N2/c1-3-5-7-8-9-10-15-19-24-20-21-25(22-16-13-11-14-17-22)23(24)18-12-6-4-2/h11,13-14,16-17,20-21H,3-10,12,15,18-19H2,1-2H3/q+1. The molecule has 0 amide bonds. The molecule has 0 saturated carbocycles. The van der Waals surface area contributed by atoms with Crippen molar-refractivity contribution in [1.82, 2.24) is 4.57 Å². The first-order valence-corrected chi connectivity index (χ1v) is 10.5. The van der Waals surface area contributed by atoms with E-state index in [4.69, 9.17) is 0 Å². The minimum absolute atomic E-state index is 1.16. The molecule has 25 heavy (non-hydrogen) atoms. The molecule has 2 heteroatoms. The Morgan fingerprint density at radius 2 is 1.40 bits per heavy atom. The van der Waals surface area contributed by atoms with Crippen LogP contribution in [0.3, 0.4) is 0 Å². The molecule has 0 unspecified atom stereocenters. The number of hydrogen-bond acceptors (Lipinski definition) is 0. The van der Waals surface area contributed by atoms with Gasteiger partial charge in [0.1, 0.15) is 18.1 Å². The Morgan fingerprint density at radius 3 is 2.12 bits per heavy atom. The van der Waals surface area contributed by atoms with Crippen molar-refractivity contribution in [3.63, 3.8) is 0 Å². The average Bonchev–Trinajstić information content (AvgIpc) is 3.05. The molecule has 0 aliphatic rings. The molecule has 0 aliphatic heterocycles. The minimum Gasteiger partial charge on any atom is -0.234 e. The van der Waals surface area contributed by atoms with Crippen LogP contribution in [0.5, 0.6) is 0 Å². The van der Waals surface area contributed by atoms with Gasteiger partial charge in [-0.05, 0) is 31.4 Å². The Bertz CT molecular complexity index is 571. The maximum atomic E-state index is 2.49. The number of nitrogens with zero attached hydrogens (tertiary/aromatic N) is 2. The van der Waals surface area contributed by atoms with E-state index in [-0.39, 0.29) is 0 Å².